The number of rotatable bonds is 6. The maximum Gasteiger partial charge on any atom is 0.222 e. The van der Waals surface area contributed by atoms with Crippen LogP contribution in [0.3, 0.4) is 0 Å². The van der Waals surface area contributed by atoms with Crippen LogP contribution in [0.2, 0.25) is 0 Å². The van der Waals surface area contributed by atoms with E-state index in [-0.39, 0.29) is 0 Å². The molecule has 1 aliphatic rings. The molecule has 3 heteroatoms. The Morgan fingerprint density at radius 1 is 1.25 bits per heavy atom. The summed E-state index contributed by atoms with van der Waals surface area (Å²) in [5.41, 5.74) is 1.32. The smallest absolute Gasteiger partial charge is 0.222 e. The molecule has 1 fully saturated rings. The van der Waals surface area contributed by atoms with Crippen molar-refractivity contribution in [2.75, 3.05) is 26.8 Å². The molecule has 0 radical (unpaired) electrons. The largest absolute Gasteiger partial charge is 0.384 e. The van der Waals surface area contributed by atoms with Crippen LogP contribution >= 0.6 is 0 Å². The van der Waals surface area contributed by atoms with Crippen LogP contribution in [0.5, 0.6) is 0 Å². The third-order valence-corrected chi connectivity index (χ3v) is 4.07. The van der Waals surface area contributed by atoms with Gasteiger partial charge in [-0.05, 0) is 37.2 Å². The van der Waals surface area contributed by atoms with E-state index in [0.717, 1.165) is 45.4 Å². The number of aryl methyl sites for hydroxylation is 1. The summed E-state index contributed by atoms with van der Waals surface area (Å²) in [6, 6.07) is 10.4. The molecule has 1 saturated heterocycles. The summed E-state index contributed by atoms with van der Waals surface area (Å²) < 4.78 is 5.19. The van der Waals surface area contributed by atoms with Crippen LogP contribution < -0.4 is 0 Å². The number of nitrogens with zero attached hydrogens (tertiary/aromatic N) is 1. The van der Waals surface area contributed by atoms with Crippen molar-refractivity contribution in [2.45, 2.75) is 32.1 Å². The number of likely N-dealkylation sites (tertiary alicyclic amines) is 1. The van der Waals surface area contributed by atoms with Gasteiger partial charge in [-0.3, -0.25) is 4.79 Å². The summed E-state index contributed by atoms with van der Waals surface area (Å²) in [5, 5.41) is 0. The second-order valence-electron chi connectivity index (χ2n) is 5.62. The number of hydrogen-bond acceptors (Lipinski definition) is 2. The normalized spacial score (nSPS) is 16.4. The van der Waals surface area contributed by atoms with E-state index >= 15 is 0 Å². The summed E-state index contributed by atoms with van der Waals surface area (Å²) >= 11 is 0. The van der Waals surface area contributed by atoms with Crippen LogP contribution in [0.25, 0.3) is 0 Å². The van der Waals surface area contributed by atoms with E-state index < -0.39 is 0 Å². The van der Waals surface area contributed by atoms with Crippen molar-refractivity contribution < 1.29 is 9.53 Å². The number of methoxy groups -OCH3 is 1. The van der Waals surface area contributed by atoms with E-state index in [2.05, 4.69) is 24.3 Å². The average molecular weight is 275 g/mol. The molecule has 0 bridgehead atoms. The van der Waals surface area contributed by atoms with Crippen molar-refractivity contribution in [3.8, 4) is 0 Å². The Hall–Kier alpha value is -1.35. The minimum atomic E-state index is 0.316. The number of carbonyl (C=O) groups is 1. The molecular formula is C17H25NO2. The number of carbonyl (C=O) groups excluding carboxylic acids is 1. The topological polar surface area (TPSA) is 29.5 Å². The Morgan fingerprint density at radius 3 is 2.60 bits per heavy atom. The Morgan fingerprint density at radius 2 is 1.95 bits per heavy atom. The number of benzene rings is 1. The van der Waals surface area contributed by atoms with Crippen molar-refractivity contribution >= 4 is 5.91 Å². The number of hydrogen-bond donors (Lipinski definition) is 0. The van der Waals surface area contributed by atoms with Crippen LogP contribution in [0, 0.1) is 5.92 Å². The molecular weight excluding hydrogens is 250 g/mol. The first-order valence-electron chi connectivity index (χ1n) is 7.60. The maximum absolute atomic E-state index is 12.1. The highest BCUT2D eigenvalue weighted by Crippen LogP contribution is 2.18. The zero-order valence-electron chi connectivity index (χ0n) is 12.4. The van der Waals surface area contributed by atoms with Gasteiger partial charge in [0, 0.05) is 33.2 Å². The molecule has 20 heavy (non-hydrogen) atoms. The lowest BCUT2D eigenvalue weighted by molar-refractivity contribution is -0.132. The Labute approximate surface area is 121 Å². The molecule has 110 valence electrons. The summed E-state index contributed by atoms with van der Waals surface area (Å²) in [6.07, 6.45) is 4.77. The van der Waals surface area contributed by atoms with Crippen LogP contribution in [-0.4, -0.2) is 37.6 Å². The predicted octanol–water partition coefficient (Wildman–Crippen LogP) is 2.89. The first-order chi connectivity index (χ1) is 9.79. The molecule has 2 rings (SSSR count). The Balaban J connectivity index is 1.66. The summed E-state index contributed by atoms with van der Waals surface area (Å²) in [6.45, 7) is 2.63. The van der Waals surface area contributed by atoms with E-state index in [1.54, 1.807) is 7.11 Å². The van der Waals surface area contributed by atoms with Gasteiger partial charge in [-0.2, -0.15) is 0 Å². The fourth-order valence-electron chi connectivity index (χ4n) is 2.83. The Kier molecular flexibility index (Phi) is 6.06. The number of amides is 1. The molecule has 0 aromatic heterocycles. The van der Waals surface area contributed by atoms with Crippen molar-refractivity contribution in [3.63, 3.8) is 0 Å². The van der Waals surface area contributed by atoms with Crippen molar-refractivity contribution in [2.24, 2.45) is 5.92 Å². The van der Waals surface area contributed by atoms with Gasteiger partial charge in [0.1, 0.15) is 0 Å². The molecule has 0 atom stereocenters. The van der Waals surface area contributed by atoms with Crippen molar-refractivity contribution in [1.29, 1.82) is 0 Å². The second kappa shape index (κ2) is 8.05. The lowest BCUT2D eigenvalue weighted by Crippen LogP contribution is -2.39. The van der Waals surface area contributed by atoms with E-state index in [9.17, 15) is 4.79 Å². The molecule has 0 saturated carbocycles. The van der Waals surface area contributed by atoms with Gasteiger partial charge in [0.2, 0.25) is 5.91 Å². The van der Waals surface area contributed by atoms with Gasteiger partial charge in [0.25, 0.3) is 0 Å². The molecule has 1 aromatic rings. The molecule has 1 amide bonds. The van der Waals surface area contributed by atoms with Crippen LogP contribution in [-0.2, 0) is 16.0 Å². The molecule has 0 spiro atoms. The van der Waals surface area contributed by atoms with Gasteiger partial charge in [0.15, 0.2) is 0 Å². The fraction of sp³-hybridized carbons (Fsp3) is 0.588. The lowest BCUT2D eigenvalue weighted by atomic mass is 9.97. The minimum Gasteiger partial charge on any atom is -0.384 e. The quantitative estimate of drug-likeness (QED) is 0.799. The van der Waals surface area contributed by atoms with Gasteiger partial charge in [-0.1, -0.05) is 30.3 Å². The van der Waals surface area contributed by atoms with E-state index in [1.165, 1.54) is 5.56 Å². The molecule has 0 aliphatic carbocycles. The summed E-state index contributed by atoms with van der Waals surface area (Å²) in [4.78, 5) is 14.2. The molecule has 1 aliphatic heterocycles. The SMILES string of the molecule is COCC1CCN(C(=O)CCCc2ccccc2)CC1. The van der Waals surface area contributed by atoms with Crippen LogP contribution in [0.4, 0.5) is 0 Å². The summed E-state index contributed by atoms with van der Waals surface area (Å²) in [5.74, 6) is 0.949. The standard InChI is InChI=1S/C17H25NO2/c1-20-14-16-10-12-18(13-11-16)17(19)9-5-8-15-6-3-2-4-7-15/h2-4,6-7,16H,5,8-14H2,1H3. The van der Waals surface area contributed by atoms with Crippen LogP contribution in [0.1, 0.15) is 31.2 Å². The highest BCUT2D eigenvalue weighted by molar-refractivity contribution is 5.76. The molecule has 1 heterocycles. The third-order valence-electron chi connectivity index (χ3n) is 4.07. The summed E-state index contributed by atoms with van der Waals surface area (Å²) in [7, 11) is 1.75. The first kappa shape index (κ1) is 15.0. The van der Waals surface area contributed by atoms with Crippen molar-refractivity contribution in [1.82, 2.24) is 4.90 Å². The number of piperidine rings is 1. The molecule has 0 unspecified atom stereocenters. The average Bonchev–Trinajstić information content (AvgIpc) is 2.49. The molecule has 0 N–H and O–H groups in total. The van der Waals surface area contributed by atoms with Crippen molar-refractivity contribution in [3.05, 3.63) is 35.9 Å². The van der Waals surface area contributed by atoms with Crippen LogP contribution in [0.15, 0.2) is 30.3 Å². The van der Waals surface area contributed by atoms with Gasteiger partial charge in [-0.25, -0.2) is 0 Å². The fourth-order valence-corrected chi connectivity index (χ4v) is 2.83. The number of ether oxygens (including phenoxy) is 1. The highest BCUT2D eigenvalue weighted by Gasteiger charge is 2.22. The molecule has 1 aromatic carbocycles. The van der Waals surface area contributed by atoms with Gasteiger partial charge in [-0.15, -0.1) is 0 Å². The van der Waals surface area contributed by atoms with Gasteiger partial charge < -0.3 is 9.64 Å². The maximum atomic E-state index is 12.1. The van der Waals surface area contributed by atoms with E-state index in [4.69, 9.17) is 4.74 Å². The molecule has 3 nitrogen and oxygen atoms in total. The monoisotopic (exact) mass is 275 g/mol. The second-order valence-corrected chi connectivity index (χ2v) is 5.62. The van der Waals surface area contributed by atoms with E-state index in [0.29, 0.717) is 18.2 Å². The minimum absolute atomic E-state index is 0.316. The predicted molar refractivity (Wildman–Crippen MR) is 80.6 cm³/mol. The zero-order chi connectivity index (χ0) is 14.2. The zero-order valence-corrected chi connectivity index (χ0v) is 12.4. The first-order valence-corrected chi connectivity index (χ1v) is 7.60. The lowest BCUT2D eigenvalue weighted by Gasteiger charge is -2.31. The highest BCUT2D eigenvalue weighted by atomic mass is 16.5. The van der Waals surface area contributed by atoms with Gasteiger partial charge in [0.05, 0.1) is 0 Å². The Bertz CT molecular complexity index is 397. The van der Waals surface area contributed by atoms with E-state index in [1.807, 2.05) is 11.0 Å². The third kappa shape index (κ3) is 4.64. The van der Waals surface area contributed by atoms with Gasteiger partial charge >= 0.3 is 0 Å².